The maximum absolute atomic E-state index is 11.1. The molecule has 1 aliphatic heterocycles. The van der Waals surface area contributed by atoms with Gasteiger partial charge in [-0.3, -0.25) is 10.1 Å². The van der Waals surface area contributed by atoms with Gasteiger partial charge in [-0.1, -0.05) is 13.8 Å². The molecule has 0 amide bonds. The Balaban J connectivity index is 1.55. The van der Waals surface area contributed by atoms with Crippen LogP contribution in [0.3, 0.4) is 0 Å². The summed E-state index contributed by atoms with van der Waals surface area (Å²) in [6.07, 6.45) is 6.82. The zero-order valence-corrected chi connectivity index (χ0v) is 16.5. The largest absolute Gasteiger partial charge is 0.356 e. The number of nitro groups is 1. The van der Waals surface area contributed by atoms with Crippen molar-refractivity contribution in [2.24, 2.45) is 34.1 Å². The lowest BCUT2D eigenvalue weighted by atomic mass is 9.51. The van der Waals surface area contributed by atoms with Crippen LogP contribution in [-0.4, -0.2) is 28.2 Å². The highest BCUT2D eigenvalue weighted by Crippen LogP contribution is 2.70. The lowest BCUT2D eigenvalue weighted by Gasteiger charge is -2.64. The molecule has 5 unspecified atom stereocenters. The number of rotatable bonds is 4. The summed E-state index contributed by atoms with van der Waals surface area (Å²) >= 11 is 0. The van der Waals surface area contributed by atoms with E-state index in [0.29, 0.717) is 23.3 Å². The van der Waals surface area contributed by atoms with Crippen LogP contribution in [0.1, 0.15) is 51.5 Å². The van der Waals surface area contributed by atoms with Crippen molar-refractivity contribution >= 4 is 17.2 Å². The Bertz CT molecular complexity index is 833. The molecule has 0 radical (unpaired) electrons. The smallest absolute Gasteiger partial charge is 0.269 e. The van der Waals surface area contributed by atoms with Gasteiger partial charge in [-0.25, -0.2) is 4.99 Å². The first-order chi connectivity index (χ1) is 12.9. The number of nitrogens with zero attached hydrogens (tertiary/aromatic N) is 3. The lowest BCUT2D eigenvalue weighted by Crippen LogP contribution is -2.67. The van der Waals surface area contributed by atoms with E-state index in [1.807, 2.05) is 13.0 Å². The molecule has 5 heteroatoms. The number of fused-ring (bicyclic) bond motifs is 2. The number of nitro benzene ring substituents is 1. The minimum Gasteiger partial charge on any atom is -0.356 e. The maximum Gasteiger partial charge on any atom is 0.269 e. The molecule has 5 rings (SSSR count). The Morgan fingerprint density at radius 1 is 1.30 bits per heavy atom. The average molecular weight is 367 g/mol. The van der Waals surface area contributed by atoms with Gasteiger partial charge in [0.2, 0.25) is 0 Å². The second-order valence-electron chi connectivity index (χ2n) is 9.87. The van der Waals surface area contributed by atoms with E-state index in [1.165, 1.54) is 37.9 Å². The molecule has 3 saturated carbocycles. The summed E-state index contributed by atoms with van der Waals surface area (Å²) in [5.41, 5.74) is 2.52. The average Bonchev–Trinajstić information content (AvgIpc) is 2.82. The number of piperidine rings is 1. The van der Waals surface area contributed by atoms with E-state index < -0.39 is 0 Å². The van der Waals surface area contributed by atoms with Crippen LogP contribution in [0.15, 0.2) is 23.2 Å². The van der Waals surface area contributed by atoms with Gasteiger partial charge in [0.25, 0.3) is 5.69 Å². The van der Waals surface area contributed by atoms with Crippen molar-refractivity contribution in [2.45, 2.75) is 58.9 Å². The molecule has 27 heavy (non-hydrogen) atoms. The van der Waals surface area contributed by atoms with Crippen molar-refractivity contribution in [3.63, 3.8) is 0 Å². The fraction of sp³-hybridized carbons (Fsp3) is 0.682. The van der Waals surface area contributed by atoms with Crippen molar-refractivity contribution in [2.75, 3.05) is 6.54 Å². The highest BCUT2D eigenvalue weighted by molar-refractivity contribution is 5.89. The zero-order valence-electron chi connectivity index (χ0n) is 16.5. The SMILES string of the molecule is Cc1cc([N+](=O)[O-])ccc1N=C1C2CC3CC4CC(N1CC(C)C)C4(C3)C2. The van der Waals surface area contributed by atoms with Crippen LogP contribution in [0.2, 0.25) is 0 Å². The molecule has 1 aromatic carbocycles. The van der Waals surface area contributed by atoms with Gasteiger partial charge in [0, 0.05) is 30.6 Å². The zero-order chi connectivity index (χ0) is 18.9. The van der Waals surface area contributed by atoms with Crippen molar-refractivity contribution in [3.05, 3.63) is 33.9 Å². The van der Waals surface area contributed by atoms with Crippen molar-refractivity contribution < 1.29 is 4.92 Å². The van der Waals surface area contributed by atoms with Gasteiger partial charge >= 0.3 is 0 Å². The number of aryl methyl sites for hydroxylation is 1. The van der Waals surface area contributed by atoms with Crippen LogP contribution in [0.4, 0.5) is 11.4 Å². The van der Waals surface area contributed by atoms with Crippen LogP contribution >= 0.6 is 0 Å². The second-order valence-corrected chi connectivity index (χ2v) is 9.87. The highest BCUT2D eigenvalue weighted by atomic mass is 16.6. The first-order valence-corrected chi connectivity index (χ1v) is 10.5. The standard InChI is InChI=1S/C22H29N3O2/c1-13(2)12-24-20-9-17-8-15-7-16(11-22(17,20)10-15)21(24)23-19-5-4-18(25(26)27)6-14(19)3/h4-6,13,15-17,20H,7-12H2,1-3H3. The Labute approximate surface area is 161 Å². The van der Waals surface area contributed by atoms with Crippen LogP contribution in [0, 0.1) is 46.1 Å². The summed E-state index contributed by atoms with van der Waals surface area (Å²) in [6.45, 7) is 7.60. The second kappa shape index (κ2) is 5.79. The molecule has 1 aromatic rings. The molecule has 0 aromatic heterocycles. The van der Waals surface area contributed by atoms with Crippen LogP contribution in [-0.2, 0) is 0 Å². The molecule has 4 fully saturated rings. The number of hydrogen-bond acceptors (Lipinski definition) is 3. The number of non-ortho nitro benzene ring substituents is 1. The summed E-state index contributed by atoms with van der Waals surface area (Å²) in [6, 6.07) is 5.75. The lowest BCUT2D eigenvalue weighted by molar-refractivity contribution is -0.384. The molecular weight excluding hydrogens is 338 g/mol. The number of amidine groups is 1. The van der Waals surface area contributed by atoms with Crippen molar-refractivity contribution in [1.29, 1.82) is 0 Å². The fourth-order valence-electron chi connectivity index (χ4n) is 6.82. The Kier molecular flexibility index (Phi) is 3.69. The third-order valence-corrected chi connectivity index (χ3v) is 7.74. The summed E-state index contributed by atoms with van der Waals surface area (Å²) in [5, 5.41) is 11.1. The molecule has 1 spiro atoms. The summed E-state index contributed by atoms with van der Waals surface area (Å²) in [7, 11) is 0. The van der Waals surface area contributed by atoms with Crippen LogP contribution in [0.5, 0.6) is 0 Å². The number of likely N-dealkylation sites (tertiary alicyclic amines) is 1. The van der Waals surface area contributed by atoms with E-state index in [1.54, 1.807) is 12.1 Å². The molecule has 144 valence electrons. The van der Waals surface area contributed by atoms with Gasteiger partial charge in [0.05, 0.1) is 10.6 Å². The van der Waals surface area contributed by atoms with Crippen molar-refractivity contribution in [1.82, 2.24) is 4.90 Å². The first kappa shape index (κ1) is 17.2. The molecule has 5 nitrogen and oxygen atoms in total. The molecule has 1 heterocycles. The van der Waals surface area contributed by atoms with Gasteiger partial charge in [0.15, 0.2) is 0 Å². The Hall–Kier alpha value is -1.91. The first-order valence-electron chi connectivity index (χ1n) is 10.5. The topological polar surface area (TPSA) is 58.7 Å². The molecular formula is C22H29N3O2. The predicted octanol–water partition coefficient (Wildman–Crippen LogP) is 5.10. The van der Waals surface area contributed by atoms with Crippen LogP contribution in [0.25, 0.3) is 0 Å². The van der Waals surface area contributed by atoms with E-state index >= 15 is 0 Å². The molecule has 5 atom stereocenters. The van der Waals surface area contributed by atoms with E-state index in [4.69, 9.17) is 4.99 Å². The quantitative estimate of drug-likeness (QED) is 0.549. The number of hydrogen-bond donors (Lipinski definition) is 0. The summed E-state index contributed by atoms with van der Waals surface area (Å²) in [4.78, 5) is 18.5. The summed E-state index contributed by atoms with van der Waals surface area (Å²) in [5.74, 6) is 4.29. The molecule has 3 aliphatic carbocycles. The molecule has 4 aliphatic rings. The monoisotopic (exact) mass is 367 g/mol. The van der Waals surface area contributed by atoms with Gasteiger partial charge in [0.1, 0.15) is 5.84 Å². The van der Waals surface area contributed by atoms with Gasteiger partial charge in [-0.05, 0) is 73.8 Å². The van der Waals surface area contributed by atoms with Gasteiger partial charge in [-0.15, -0.1) is 0 Å². The normalized spacial score (nSPS) is 37.6. The predicted molar refractivity (Wildman–Crippen MR) is 106 cm³/mol. The molecule has 1 saturated heterocycles. The van der Waals surface area contributed by atoms with E-state index in [2.05, 4.69) is 18.7 Å². The van der Waals surface area contributed by atoms with E-state index in [0.717, 1.165) is 29.6 Å². The maximum atomic E-state index is 11.1. The van der Waals surface area contributed by atoms with Crippen molar-refractivity contribution in [3.8, 4) is 0 Å². The minimum absolute atomic E-state index is 0.149. The highest BCUT2D eigenvalue weighted by Gasteiger charge is 2.67. The molecule has 3 bridgehead atoms. The Morgan fingerprint density at radius 3 is 2.81 bits per heavy atom. The third kappa shape index (κ3) is 2.46. The molecule has 0 N–H and O–H groups in total. The summed E-state index contributed by atoms with van der Waals surface area (Å²) < 4.78 is 0. The fourth-order valence-corrected chi connectivity index (χ4v) is 6.82. The van der Waals surface area contributed by atoms with Gasteiger partial charge < -0.3 is 4.90 Å². The number of benzene rings is 1. The minimum atomic E-state index is -0.327. The van der Waals surface area contributed by atoms with E-state index in [9.17, 15) is 10.1 Å². The number of aliphatic imine (C=N–C) groups is 1. The Morgan fingerprint density at radius 2 is 2.11 bits per heavy atom. The van der Waals surface area contributed by atoms with E-state index in [-0.39, 0.29) is 10.6 Å². The third-order valence-electron chi connectivity index (χ3n) is 7.74. The van der Waals surface area contributed by atoms with Crippen LogP contribution < -0.4 is 0 Å². The van der Waals surface area contributed by atoms with Gasteiger partial charge in [-0.2, -0.15) is 0 Å².